The molecule has 0 saturated carbocycles. The molecular formula is C20H25ClN2O. The third-order valence-electron chi connectivity index (χ3n) is 5.06. The van der Waals surface area contributed by atoms with Crippen molar-refractivity contribution in [2.75, 3.05) is 13.1 Å². The zero-order valence-electron chi connectivity index (χ0n) is 14.1. The Morgan fingerprint density at radius 2 is 1.62 bits per heavy atom. The van der Waals surface area contributed by atoms with Crippen molar-refractivity contribution in [3.8, 4) is 0 Å². The Labute approximate surface area is 150 Å². The fourth-order valence-electron chi connectivity index (χ4n) is 3.30. The third-order valence-corrected chi connectivity index (χ3v) is 5.06. The minimum atomic E-state index is 0. The highest BCUT2D eigenvalue weighted by molar-refractivity contribution is 5.94. The molecule has 2 N–H and O–H groups in total. The van der Waals surface area contributed by atoms with Gasteiger partial charge >= 0.3 is 0 Å². The van der Waals surface area contributed by atoms with Crippen LogP contribution in [0.2, 0.25) is 0 Å². The van der Waals surface area contributed by atoms with E-state index in [0.29, 0.717) is 6.54 Å². The Morgan fingerprint density at radius 1 is 1.04 bits per heavy atom. The minimum absolute atomic E-state index is 0. The highest BCUT2D eigenvalue weighted by atomic mass is 35.5. The van der Waals surface area contributed by atoms with Crippen LogP contribution in [-0.2, 0) is 12.0 Å². The molecule has 1 amide bonds. The number of hydrogen-bond donors (Lipinski definition) is 1. The van der Waals surface area contributed by atoms with Gasteiger partial charge in [-0.2, -0.15) is 0 Å². The molecule has 1 fully saturated rings. The van der Waals surface area contributed by atoms with Crippen molar-refractivity contribution < 1.29 is 4.79 Å². The smallest absolute Gasteiger partial charge is 0.253 e. The van der Waals surface area contributed by atoms with Crippen LogP contribution >= 0.6 is 12.4 Å². The van der Waals surface area contributed by atoms with E-state index >= 15 is 0 Å². The molecule has 0 bridgehead atoms. The first-order valence-corrected chi connectivity index (χ1v) is 8.26. The van der Waals surface area contributed by atoms with Crippen molar-refractivity contribution in [2.45, 2.75) is 31.7 Å². The summed E-state index contributed by atoms with van der Waals surface area (Å²) in [7, 11) is 0. The number of rotatable bonds is 3. The van der Waals surface area contributed by atoms with Crippen LogP contribution in [0.5, 0.6) is 0 Å². The second kappa shape index (κ2) is 7.82. The lowest BCUT2D eigenvalue weighted by Crippen LogP contribution is -2.43. The van der Waals surface area contributed by atoms with Crippen molar-refractivity contribution in [1.29, 1.82) is 0 Å². The fraction of sp³-hybridized carbons (Fsp3) is 0.350. The Morgan fingerprint density at radius 3 is 2.17 bits per heavy atom. The topological polar surface area (TPSA) is 46.3 Å². The average Bonchev–Trinajstić information content (AvgIpc) is 2.63. The summed E-state index contributed by atoms with van der Waals surface area (Å²) in [6, 6.07) is 18.3. The number of benzene rings is 2. The van der Waals surface area contributed by atoms with E-state index in [1.165, 1.54) is 5.56 Å². The lowest BCUT2D eigenvalue weighted by atomic mass is 9.74. The van der Waals surface area contributed by atoms with E-state index in [1.807, 2.05) is 29.2 Å². The van der Waals surface area contributed by atoms with Crippen LogP contribution in [0.25, 0.3) is 0 Å². The van der Waals surface area contributed by atoms with Crippen molar-refractivity contribution in [2.24, 2.45) is 5.73 Å². The Hall–Kier alpha value is -1.84. The van der Waals surface area contributed by atoms with E-state index in [1.54, 1.807) is 0 Å². The predicted molar refractivity (Wildman–Crippen MR) is 101 cm³/mol. The number of piperidine rings is 1. The van der Waals surface area contributed by atoms with E-state index in [2.05, 4.69) is 37.3 Å². The van der Waals surface area contributed by atoms with E-state index < -0.39 is 0 Å². The molecule has 3 rings (SSSR count). The van der Waals surface area contributed by atoms with Gasteiger partial charge in [-0.15, -0.1) is 12.4 Å². The molecule has 1 aliphatic rings. The summed E-state index contributed by atoms with van der Waals surface area (Å²) in [6.07, 6.45) is 2.01. The number of carbonyl (C=O) groups excluding carboxylic acids is 1. The minimum Gasteiger partial charge on any atom is -0.339 e. The highest BCUT2D eigenvalue weighted by Crippen LogP contribution is 2.35. The molecular weight excluding hydrogens is 320 g/mol. The summed E-state index contributed by atoms with van der Waals surface area (Å²) in [5.74, 6) is 0.128. The van der Waals surface area contributed by atoms with Gasteiger partial charge in [-0.3, -0.25) is 4.79 Å². The molecule has 128 valence electrons. The van der Waals surface area contributed by atoms with E-state index in [0.717, 1.165) is 37.1 Å². The van der Waals surface area contributed by atoms with Crippen molar-refractivity contribution in [1.82, 2.24) is 4.90 Å². The van der Waals surface area contributed by atoms with Gasteiger partial charge in [0.1, 0.15) is 0 Å². The first-order valence-electron chi connectivity index (χ1n) is 8.26. The first-order chi connectivity index (χ1) is 11.1. The lowest BCUT2D eigenvalue weighted by molar-refractivity contribution is 0.0676. The maximum atomic E-state index is 12.6. The summed E-state index contributed by atoms with van der Waals surface area (Å²) in [6.45, 7) is 4.43. The van der Waals surface area contributed by atoms with Crippen LogP contribution in [0.3, 0.4) is 0 Å². The molecule has 1 heterocycles. The molecule has 2 aromatic carbocycles. The lowest BCUT2D eigenvalue weighted by Gasteiger charge is -2.40. The fourth-order valence-corrected chi connectivity index (χ4v) is 3.30. The number of amides is 1. The molecule has 0 atom stereocenters. The molecule has 0 aliphatic carbocycles. The summed E-state index contributed by atoms with van der Waals surface area (Å²) in [4.78, 5) is 14.6. The number of nitrogens with two attached hydrogens (primary N) is 1. The van der Waals surface area contributed by atoms with Crippen molar-refractivity contribution in [3.63, 3.8) is 0 Å². The molecule has 4 heteroatoms. The highest BCUT2D eigenvalue weighted by Gasteiger charge is 2.33. The van der Waals surface area contributed by atoms with Gasteiger partial charge < -0.3 is 10.6 Å². The number of likely N-dealkylation sites (tertiary alicyclic amines) is 1. The Kier molecular flexibility index (Phi) is 6.03. The summed E-state index contributed by atoms with van der Waals surface area (Å²) in [5, 5.41) is 0. The molecule has 0 unspecified atom stereocenters. The molecule has 1 aliphatic heterocycles. The van der Waals surface area contributed by atoms with Crippen molar-refractivity contribution >= 4 is 18.3 Å². The van der Waals surface area contributed by atoms with Crippen LogP contribution in [0, 0.1) is 0 Å². The molecule has 0 aromatic heterocycles. The van der Waals surface area contributed by atoms with Crippen LogP contribution in [0.4, 0.5) is 0 Å². The first kappa shape index (κ1) is 18.5. The van der Waals surface area contributed by atoms with Gasteiger partial charge in [0.05, 0.1) is 0 Å². The molecule has 0 radical (unpaired) electrons. The van der Waals surface area contributed by atoms with Crippen LogP contribution < -0.4 is 5.73 Å². The maximum Gasteiger partial charge on any atom is 0.253 e. The third kappa shape index (κ3) is 3.80. The van der Waals surface area contributed by atoms with E-state index in [-0.39, 0.29) is 23.7 Å². The quantitative estimate of drug-likeness (QED) is 0.921. The van der Waals surface area contributed by atoms with Crippen molar-refractivity contribution in [3.05, 3.63) is 71.3 Å². The summed E-state index contributed by atoms with van der Waals surface area (Å²) >= 11 is 0. The van der Waals surface area contributed by atoms with Crippen LogP contribution in [0.1, 0.15) is 41.3 Å². The van der Waals surface area contributed by atoms with Gasteiger partial charge in [0.2, 0.25) is 0 Å². The van der Waals surface area contributed by atoms with Gasteiger partial charge in [0.15, 0.2) is 0 Å². The second-order valence-corrected chi connectivity index (χ2v) is 6.62. The van der Waals surface area contributed by atoms with Gasteiger partial charge in [-0.05, 0) is 41.5 Å². The molecule has 24 heavy (non-hydrogen) atoms. The van der Waals surface area contributed by atoms with Crippen LogP contribution in [-0.4, -0.2) is 23.9 Å². The monoisotopic (exact) mass is 344 g/mol. The number of hydrogen-bond acceptors (Lipinski definition) is 2. The molecule has 1 saturated heterocycles. The summed E-state index contributed by atoms with van der Waals surface area (Å²) < 4.78 is 0. The number of halogens is 1. The maximum absolute atomic E-state index is 12.6. The molecule has 0 spiro atoms. The molecule has 3 nitrogen and oxygen atoms in total. The Balaban J connectivity index is 0.00000208. The summed E-state index contributed by atoms with van der Waals surface area (Å²) in [5.41, 5.74) is 8.96. The normalized spacial score (nSPS) is 16.3. The zero-order valence-corrected chi connectivity index (χ0v) is 14.9. The Bertz CT molecular complexity index is 662. The van der Waals surface area contributed by atoms with Gasteiger partial charge in [0.25, 0.3) is 5.91 Å². The van der Waals surface area contributed by atoms with E-state index in [9.17, 15) is 4.79 Å². The number of carbonyl (C=O) groups is 1. The zero-order chi connectivity index (χ0) is 16.3. The van der Waals surface area contributed by atoms with E-state index in [4.69, 9.17) is 5.73 Å². The van der Waals surface area contributed by atoms with Gasteiger partial charge in [0, 0.05) is 25.2 Å². The standard InChI is InChI=1S/C20H24N2O.ClH/c1-20(18-5-3-2-4-6-18)11-13-22(14-12-20)19(23)17-9-7-16(15-21)8-10-17;/h2-10H,11-15,21H2,1H3;1H. The molecule has 2 aromatic rings. The predicted octanol–water partition coefficient (Wildman–Crippen LogP) is 3.76. The van der Waals surface area contributed by atoms with Gasteiger partial charge in [-0.1, -0.05) is 49.4 Å². The largest absolute Gasteiger partial charge is 0.339 e. The number of nitrogens with zero attached hydrogens (tertiary/aromatic N) is 1. The van der Waals surface area contributed by atoms with Gasteiger partial charge in [-0.25, -0.2) is 0 Å². The SMILES string of the molecule is CC1(c2ccccc2)CCN(C(=O)c2ccc(CN)cc2)CC1.Cl. The average molecular weight is 345 g/mol. The van der Waals surface area contributed by atoms with Crippen LogP contribution in [0.15, 0.2) is 54.6 Å². The second-order valence-electron chi connectivity index (χ2n) is 6.62.